The summed E-state index contributed by atoms with van der Waals surface area (Å²) in [4.78, 5) is 35.0. The molecule has 2 aliphatic carbocycles. The van der Waals surface area contributed by atoms with Crippen LogP contribution in [0, 0.1) is 5.92 Å². The fourth-order valence-electron chi connectivity index (χ4n) is 2.10. The number of methoxy groups -OCH3 is 1. The summed E-state index contributed by atoms with van der Waals surface area (Å²) in [5, 5.41) is 2.49. The molecule has 0 saturated carbocycles. The Labute approximate surface area is 111 Å². The summed E-state index contributed by atoms with van der Waals surface area (Å²) in [6.45, 7) is 0. The monoisotopic (exact) mass is 261 g/mol. The zero-order chi connectivity index (χ0) is 13.8. The highest BCUT2D eigenvalue weighted by Gasteiger charge is 2.23. The van der Waals surface area contributed by atoms with Crippen molar-refractivity contribution in [2.24, 2.45) is 5.92 Å². The van der Waals surface area contributed by atoms with Crippen LogP contribution in [0.15, 0.2) is 35.8 Å². The van der Waals surface area contributed by atoms with Crippen LogP contribution in [-0.4, -0.2) is 24.6 Å². The zero-order valence-corrected chi connectivity index (χ0v) is 10.6. The molecule has 1 N–H and O–H groups in total. The van der Waals surface area contributed by atoms with Gasteiger partial charge in [-0.1, -0.05) is 12.2 Å². The van der Waals surface area contributed by atoms with Gasteiger partial charge < -0.3 is 10.1 Å². The Bertz CT molecular complexity index is 514. The molecule has 100 valence electrons. The molecule has 0 heterocycles. The van der Waals surface area contributed by atoms with E-state index in [1.807, 2.05) is 12.2 Å². The molecule has 0 radical (unpaired) electrons. The molecule has 0 aromatic rings. The van der Waals surface area contributed by atoms with E-state index >= 15 is 0 Å². The fraction of sp³-hybridized carbons (Fsp3) is 0.357. The third-order valence-corrected chi connectivity index (χ3v) is 3.10. The molecule has 1 atom stereocenters. The second-order valence-electron chi connectivity index (χ2n) is 4.52. The van der Waals surface area contributed by atoms with Crippen molar-refractivity contribution in [1.29, 1.82) is 0 Å². The highest BCUT2D eigenvalue weighted by Crippen LogP contribution is 2.20. The molecule has 2 aliphatic rings. The van der Waals surface area contributed by atoms with Crippen LogP contribution >= 0.6 is 0 Å². The molecule has 0 bridgehead atoms. The molecule has 5 nitrogen and oxygen atoms in total. The predicted molar refractivity (Wildman–Crippen MR) is 67.8 cm³/mol. The average molecular weight is 261 g/mol. The summed E-state index contributed by atoms with van der Waals surface area (Å²) >= 11 is 0. The summed E-state index contributed by atoms with van der Waals surface area (Å²) < 4.78 is 4.76. The summed E-state index contributed by atoms with van der Waals surface area (Å²) in [6.07, 6.45) is 8.50. The van der Waals surface area contributed by atoms with Crippen molar-refractivity contribution in [2.45, 2.75) is 19.3 Å². The van der Waals surface area contributed by atoms with Gasteiger partial charge in [-0.15, -0.1) is 0 Å². The number of ketones is 2. The largest absolute Gasteiger partial charge is 0.493 e. The van der Waals surface area contributed by atoms with E-state index in [4.69, 9.17) is 4.74 Å². The van der Waals surface area contributed by atoms with Crippen molar-refractivity contribution in [1.82, 2.24) is 5.32 Å². The van der Waals surface area contributed by atoms with E-state index in [9.17, 15) is 14.4 Å². The minimum atomic E-state index is -0.424. The number of rotatable bonds is 4. The Balaban J connectivity index is 1.96. The van der Waals surface area contributed by atoms with Gasteiger partial charge in [0.05, 0.1) is 12.8 Å². The second kappa shape index (κ2) is 5.65. The smallest absolute Gasteiger partial charge is 0.225 e. The lowest BCUT2D eigenvalue weighted by atomic mass is 10.0. The van der Waals surface area contributed by atoms with Gasteiger partial charge in [0, 0.05) is 18.6 Å². The highest BCUT2D eigenvalue weighted by atomic mass is 16.5. The van der Waals surface area contributed by atoms with Crippen molar-refractivity contribution < 1.29 is 19.1 Å². The summed E-state index contributed by atoms with van der Waals surface area (Å²) in [6, 6.07) is 0. The number of hydrogen-bond donors (Lipinski definition) is 1. The van der Waals surface area contributed by atoms with Crippen LogP contribution in [0.5, 0.6) is 0 Å². The summed E-state index contributed by atoms with van der Waals surface area (Å²) in [5.41, 5.74) is 0.0118. The second-order valence-corrected chi connectivity index (χ2v) is 4.52. The quantitative estimate of drug-likeness (QED) is 0.606. The van der Waals surface area contributed by atoms with Gasteiger partial charge >= 0.3 is 0 Å². The molecule has 1 amide bonds. The number of amides is 1. The first-order valence-corrected chi connectivity index (χ1v) is 6.12. The number of carbonyl (C=O) groups is 3. The van der Waals surface area contributed by atoms with Crippen molar-refractivity contribution in [3.8, 4) is 0 Å². The molecule has 1 unspecified atom stereocenters. The van der Waals surface area contributed by atoms with Gasteiger partial charge in [-0.05, 0) is 18.8 Å². The van der Waals surface area contributed by atoms with Crippen LogP contribution in [-0.2, 0) is 19.1 Å². The Kier molecular flexibility index (Phi) is 3.94. The maximum atomic E-state index is 11.8. The third kappa shape index (κ3) is 3.19. The molecule has 0 aliphatic heterocycles. The van der Waals surface area contributed by atoms with Gasteiger partial charge in [-0.2, -0.15) is 0 Å². The van der Waals surface area contributed by atoms with E-state index < -0.39 is 11.6 Å². The molecule has 0 fully saturated rings. The van der Waals surface area contributed by atoms with Gasteiger partial charge in [0.15, 0.2) is 5.76 Å². The molecular weight excluding hydrogens is 246 g/mol. The van der Waals surface area contributed by atoms with E-state index in [0.717, 1.165) is 25.0 Å². The molecule has 0 saturated heterocycles. The van der Waals surface area contributed by atoms with Crippen LogP contribution in [0.4, 0.5) is 0 Å². The van der Waals surface area contributed by atoms with Crippen LogP contribution < -0.4 is 5.32 Å². The SMILES string of the molecule is COC1=CC(=O)C(NC(=O)CC2C=CCC2)=CC1=O. The minimum absolute atomic E-state index is 0.0118. The van der Waals surface area contributed by atoms with E-state index in [0.29, 0.717) is 6.42 Å². The number of ether oxygens (including phenoxy) is 1. The van der Waals surface area contributed by atoms with Crippen molar-refractivity contribution in [3.63, 3.8) is 0 Å². The van der Waals surface area contributed by atoms with Crippen molar-refractivity contribution in [3.05, 3.63) is 35.8 Å². The first kappa shape index (κ1) is 13.3. The van der Waals surface area contributed by atoms with E-state index in [1.54, 1.807) is 0 Å². The highest BCUT2D eigenvalue weighted by molar-refractivity contribution is 6.19. The number of nitrogens with one attached hydrogen (secondary N) is 1. The first-order valence-electron chi connectivity index (χ1n) is 6.12. The van der Waals surface area contributed by atoms with Crippen LogP contribution in [0.1, 0.15) is 19.3 Å². The maximum Gasteiger partial charge on any atom is 0.225 e. The van der Waals surface area contributed by atoms with Gasteiger partial charge in [-0.3, -0.25) is 14.4 Å². The summed E-state index contributed by atoms with van der Waals surface area (Å²) in [7, 11) is 1.32. The fourth-order valence-corrected chi connectivity index (χ4v) is 2.10. The number of allylic oxidation sites excluding steroid dienone is 4. The minimum Gasteiger partial charge on any atom is -0.493 e. The molecule has 0 spiro atoms. The molecule has 5 heteroatoms. The number of carbonyl (C=O) groups excluding carboxylic acids is 3. The Morgan fingerprint density at radius 2 is 2.16 bits per heavy atom. The Morgan fingerprint density at radius 1 is 1.37 bits per heavy atom. The molecule has 0 aromatic carbocycles. The molecule has 19 heavy (non-hydrogen) atoms. The lowest BCUT2D eigenvalue weighted by Crippen LogP contribution is -2.30. The molecule has 0 aromatic heterocycles. The van der Waals surface area contributed by atoms with E-state index in [2.05, 4.69) is 5.32 Å². The first-order chi connectivity index (χ1) is 9.10. The number of hydrogen-bond acceptors (Lipinski definition) is 4. The average Bonchev–Trinajstić information content (AvgIpc) is 2.86. The summed E-state index contributed by atoms with van der Waals surface area (Å²) in [5.74, 6) is -0.884. The zero-order valence-electron chi connectivity index (χ0n) is 10.6. The Hall–Kier alpha value is -2.17. The van der Waals surface area contributed by atoms with Crippen LogP contribution in [0.2, 0.25) is 0 Å². The van der Waals surface area contributed by atoms with E-state index in [1.165, 1.54) is 7.11 Å². The van der Waals surface area contributed by atoms with Gasteiger partial charge in [0.2, 0.25) is 17.5 Å². The van der Waals surface area contributed by atoms with Gasteiger partial charge in [0.1, 0.15) is 0 Å². The predicted octanol–water partition coefficient (Wildman–Crippen LogP) is 1.02. The lowest BCUT2D eigenvalue weighted by molar-refractivity contribution is -0.123. The topological polar surface area (TPSA) is 72.5 Å². The van der Waals surface area contributed by atoms with Crippen molar-refractivity contribution in [2.75, 3.05) is 7.11 Å². The maximum absolute atomic E-state index is 11.8. The van der Waals surface area contributed by atoms with E-state index in [-0.39, 0.29) is 23.3 Å². The van der Waals surface area contributed by atoms with Gasteiger partial charge in [0.25, 0.3) is 0 Å². The van der Waals surface area contributed by atoms with Gasteiger partial charge in [-0.25, -0.2) is 0 Å². The standard InChI is InChI=1S/C14H15NO4/c1-19-13-8-11(16)10(7-12(13)17)15-14(18)6-9-4-2-3-5-9/h2,4,7-9H,3,5-6H2,1H3,(H,15,18). The normalized spacial score (nSPS) is 22.1. The molecular formula is C14H15NO4. The Morgan fingerprint density at radius 3 is 2.79 bits per heavy atom. The molecule has 2 rings (SSSR count). The van der Waals surface area contributed by atoms with Crippen molar-refractivity contribution >= 4 is 17.5 Å². The third-order valence-electron chi connectivity index (χ3n) is 3.10. The lowest BCUT2D eigenvalue weighted by Gasteiger charge is -2.13. The van der Waals surface area contributed by atoms with Crippen LogP contribution in [0.25, 0.3) is 0 Å². The van der Waals surface area contributed by atoms with Crippen LogP contribution in [0.3, 0.4) is 0 Å².